The summed E-state index contributed by atoms with van der Waals surface area (Å²) >= 11 is 0. The van der Waals surface area contributed by atoms with E-state index in [9.17, 15) is 9.59 Å². The fourth-order valence-electron chi connectivity index (χ4n) is 2.70. The summed E-state index contributed by atoms with van der Waals surface area (Å²) in [5, 5.41) is 11.5. The molecule has 4 nitrogen and oxygen atoms in total. The summed E-state index contributed by atoms with van der Waals surface area (Å²) in [4.78, 5) is 22.5. The molecule has 0 aromatic carbocycles. The zero-order chi connectivity index (χ0) is 13.6. The molecule has 0 aliphatic heterocycles. The second-order valence-electron chi connectivity index (χ2n) is 5.84. The van der Waals surface area contributed by atoms with Gasteiger partial charge >= 0.3 is 5.97 Å². The van der Waals surface area contributed by atoms with Crippen LogP contribution in [0.25, 0.3) is 0 Å². The van der Waals surface area contributed by atoms with Crippen LogP contribution in [0.15, 0.2) is 0 Å². The number of aliphatic carboxylic acids is 1. The third kappa shape index (κ3) is 4.31. The van der Waals surface area contributed by atoms with Crippen molar-refractivity contribution in [2.24, 2.45) is 11.3 Å². The summed E-state index contributed by atoms with van der Waals surface area (Å²) < 4.78 is 0. The van der Waals surface area contributed by atoms with E-state index in [-0.39, 0.29) is 17.7 Å². The molecule has 0 aromatic rings. The maximum atomic E-state index is 12.2. The van der Waals surface area contributed by atoms with Crippen LogP contribution in [-0.2, 0) is 9.59 Å². The number of amides is 1. The SMILES string of the molecule is CC(C)CC1(C(=O)NCCCCC(=O)O)CCC1. The lowest BCUT2D eigenvalue weighted by atomic mass is 9.64. The summed E-state index contributed by atoms with van der Waals surface area (Å²) in [6.07, 6.45) is 5.70. The van der Waals surface area contributed by atoms with Gasteiger partial charge in [-0.3, -0.25) is 9.59 Å². The zero-order valence-corrected chi connectivity index (χ0v) is 11.5. The molecule has 104 valence electrons. The maximum Gasteiger partial charge on any atom is 0.303 e. The van der Waals surface area contributed by atoms with Gasteiger partial charge in [-0.2, -0.15) is 0 Å². The Bertz CT molecular complexity index is 295. The highest BCUT2D eigenvalue weighted by atomic mass is 16.4. The highest BCUT2D eigenvalue weighted by molar-refractivity contribution is 5.83. The van der Waals surface area contributed by atoms with Crippen LogP contribution in [0.4, 0.5) is 0 Å². The predicted molar refractivity (Wildman–Crippen MR) is 70.2 cm³/mol. The maximum absolute atomic E-state index is 12.2. The summed E-state index contributed by atoms with van der Waals surface area (Å²) in [7, 11) is 0. The van der Waals surface area contributed by atoms with E-state index < -0.39 is 5.97 Å². The van der Waals surface area contributed by atoms with Gasteiger partial charge in [-0.25, -0.2) is 0 Å². The third-order valence-corrected chi connectivity index (χ3v) is 3.69. The van der Waals surface area contributed by atoms with Crippen molar-refractivity contribution < 1.29 is 14.7 Å². The number of carboxylic acids is 1. The number of carbonyl (C=O) groups is 2. The summed E-state index contributed by atoms with van der Waals surface area (Å²) in [5.74, 6) is -0.0440. The van der Waals surface area contributed by atoms with Gasteiger partial charge in [-0.15, -0.1) is 0 Å². The smallest absolute Gasteiger partial charge is 0.303 e. The van der Waals surface area contributed by atoms with Crippen LogP contribution < -0.4 is 5.32 Å². The van der Waals surface area contributed by atoms with Crippen molar-refractivity contribution in [1.82, 2.24) is 5.32 Å². The molecular formula is C14H25NO3. The van der Waals surface area contributed by atoms with Gasteiger partial charge in [-0.05, 0) is 38.0 Å². The third-order valence-electron chi connectivity index (χ3n) is 3.69. The predicted octanol–water partition coefficient (Wildman–Crippen LogP) is 2.57. The summed E-state index contributed by atoms with van der Waals surface area (Å²) in [5.41, 5.74) is -0.124. The number of hydrogen-bond donors (Lipinski definition) is 2. The standard InChI is InChI=1S/C14H25NO3/c1-11(2)10-14(7-5-8-14)13(18)15-9-4-3-6-12(16)17/h11H,3-10H2,1-2H3,(H,15,18)(H,16,17). The molecule has 0 bridgehead atoms. The lowest BCUT2D eigenvalue weighted by Gasteiger charge is -2.41. The minimum absolute atomic E-state index is 0.124. The largest absolute Gasteiger partial charge is 0.481 e. The topological polar surface area (TPSA) is 66.4 Å². The fraction of sp³-hybridized carbons (Fsp3) is 0.857. The second kappa shape index (κ2) is 6.76. The molecular weight excluding hydrogens is 230 g/mol. The van der Waals surface area contributed by atoms with Crippen molar-refractivity contribution in [2.75, 3.05) is 6.54 Å². The van der Waals surface area contributed by atoms with Crippen molar-refractivity contribution in [1.29, 1.82) is 0 Å². The van der Waals surface area contributed by atoms with E-state index in [0.717, 1.165) is 32.1 Å². The van der Waals surface area contributed by atoms with Gasteiger partial charge in [-0.1, -0.05) is 20.3 Å². The molecule has 1 amide bonds. The Morgan fingerprint density at radius 1 is 1.28 bits per heavy atom. The van der Waals surface area contributed by atoms with Crippen LogP contribution in [0.1, 0.15) is 58.8 Å². The van der Waals surface area contributed by atoms with Gasteiger partial charge in [0.15, 0.2) is 0 Å². The molecule has 1 rings (SSSR count). The molecule has 0 spiro atoms. The van der Waals surface area contributed by atoms with Gasteiger partial charge in [0, 0.05) is 18.4 Å². The Balaban J connectivity index is 2.24. The molecule has 0 radical (unpaired) electrons. The Morgan fingerprint density at radius 2 is 1.94 bits per heavy atom. The van der Waals surface area contributed by atoms with Crippen LogP contribution in [0, 0.1) is 11.3 Å². The first-order chi connectivity index (χ1) is 8.46. The Morgan fingerprint density at radius 3 is 2.39 bits per heavy atom. The van der Waals surface area contributed by atoms with Gasteiger partial charge in [0.1, 0.15) is 0 Å². The van der Waals surface area contributed by atoms with Crippen LogP contribution in [-0.4, -0.2) is 23.5 Å². The van der Waals surface area contributed by atoms with E-state index in [0.29, 0.717) is 18.9 Å². The lowest BCUT2D eigenvalue weighted by Crippen LogP contribution is -2.46. The van der Waals surface area contributed by atoms with E-state index in [1.165, 1.54) is 0 Å². The van der Waals surface area contributed by atoms with Gasteiger partial charge in [0.05, 0.1) is 0 Å². The number of unbranched alkanes of at least 4 members (excludes halogenated alkanes) is 1. The molecule has 0 heterocycles. The molecule has 1 aliphatic carbocycles. The Kier molecular flexibility index (Phi) is 5.63. The highest BCUT2D eigenvalue weighted by Crippen LogP contribution is 2.46. The quantitative estimate of drug-likeness (QED) is 0.655. The van der Waals surface area contributed by atoms with Gasteiger partial charge in [0.2, 0.25) is 5.91 Å². The molecule has 4 heteroatoms. The van der Waals surface area contributed by atoms with Gasteiger partial charge in [0.25, 0.3) is 0 Å². The van der Waals surface area contributed by atoms with Crippen LogP contribution >= 0.6 is 0 Å². The fourth-order valence-corrected chi connectivity index (χ4v) is 2.70. The van der Waals surface area contributed by atoms with Crippen LogP contribution in [0.5, 0.6) is 0 Å². The molecule has 0 saturated heterocycles. The highest BCUT2D eigenvalue weighted by Gasteiger charge is 2.43. The van der Waals surface area contributed by atoms with Crippen LogP contribution in [0.3, 0.4) is 0 Å². The normalized spacial score (nSPS) is 17.3. The number of carbonyl (C=O) groups excluding carboxylic acids is 1. The second-order valence-corrected chi connectivity index (χ2v) is 5.84. The average molecular weight is 255 g/mol. The van der Waals surface area contributed by atoms with E-state index >= 15 is 0 Å². The van der Waals surface area contributed by atoms with Crippen molar-refractivity contribution in [3.05, 3.63) is 0 Å². The number of rotatable bonds is 8. The number of carboxylic acid groups (broad SMARTS) is 1. The molecule has 0 unspecified atom stereocenters. The van der Waals surface area contributed by atoms with E-state index in [2.05, 4.69) is 19.2 Å². The molecule has 0 aromatic heterocycles. The van der Waals surface area contributed by atoms with Crippen molar-refractivity contribution >= 4 is 11.9 Å². The summed E-state index contributed by atoms with van der Waals surface area (Å²) in [6, 6.07) is 0. The van der Waals surface area contributed by atoms with Gasteiger partial charge < -0.3 is 10.4 Å². The van der Waals surface area contributed by atoms with Crippen molar-refractivity contribution in [3.63, 3.8) is 0 Å². The van der Waals surface area contributed by atoms with E-state index in [1.807, 2.05) is 0 Å². The van der Waals surface area contributed by atoms with Crippen LogP contribution in [0.2, 0.25) is 0 Å². The first-order valence-corrected chi connectivity index (χ1v) is 6.96. The molecule has 0 atom stereocenters. The van der Waals surface area contributed by atoms with Crippen molar-refractivity contribution in [3.8, 4) is 0 Å². The lowest BCUT2D eigenvalue weighted by molar-refractivity contribution is -0.137. The summed E-state index contributed by atoms with van der Waals surface area (Å²) in [6.45, 7) is 4.91. The van der Waals surface area contributed by atoms with E-state index in [1.54, 1.807) is 0 Å². The minimum Gasteiger partial charge on any atom is -0.481 e. The monoisotopic (exact) mass is 255 g/mol. The Hall–Kier alpha value is -1.06. The minimum atomic E-state index is -0.767. The zero-order valence-electron chi connectivity index (χ0n) is 11.5. The average Bonchev–Trinajstić information content (AvgIpc) is 2.21. The first kappa shape index (κ1) is 15.0. The molecule has 1 aliphatic rings. The number of nitrogens with one attached hydrogen (secondary N) is 1. The molecule has 2 N–H and O–H groups in total. The molecule has 1 saturated carbocycles. The Labute approximate surface area is 109 Å². The number of hydrogen-bond acceptors (Lipinski definition) is 2. The van der Waals surface area contributed by atoms with Crippen molar-refractivity contribution in [2.45, 2.75) is 58.8 Å². The molecule has 18 heavy (non-hydrogen) atoms. The molecule has 1 fully saturated rings. The first-order valence-electron chi connectivity index (χ1n) is 6.96. The van der Waals surface area contributed by atoms with E-state index in [4.69, 9.17) is 5.11 Å².